The second-order valence-corrected chi connectivity index (χ2v) is 11.6. The van der Waals surface area contributed by atoms with Crippen molar-refractivity contribution in [3.05, 3.63) is 141 Å². The molecule has 4 aromatic carbocycles. The minimum absolute atomic E-state index is 0.192. The van der Waals surface area contributed by atoms with Gasteiger partial charge in [0.1, 0.15) is 12.2 Å². The molecule has 7 rings (SSSR count). The highest BCUT2D eigenvalue weighted by atomic mass is 16.2. The third-order valence-electron chi connectivity index (χ3n) is 8.94. The van der Waals surface area contributed by atoms with Gasteiger partial charge in [-0.2, -0.15) is 0 Å². The molecule has 8 nitrogen and oxygen atoms in total. The highest BCUT2D eigenvalue weighted by Crippen LogP contribution is 2.46. The van der Waals surface area contributed by atoms with Crippen molar-refractivity contribution in [1.82, 2.24) is 18.8 Å². The van der Waals surface area contributed by atoms with Crippen LogP contribution in [0.4, 0.5) is 5.69 Å². The molecule has 2 amide bonds. The summed E-state index contributed by atoms with van der Waals surface area (Å²) in [6.07, 6.45) is 0. The first-order valence-electron chi connectivity index (χ1n) is 14.9. The first-order valence-corrected chi connectivity index (χ1v) is 14.9. The SMILES string of the molecule is Cc1ccc(-c2c(C3c4ccccc4C(=O)N3CC(=O)Nc3c(C)n(C)n(-c4ccccc4)c3=O)c3ccccc3n2C)cc1. The number of aryl methyl sites for hydroxylation is 2. The van der Waals surface area contributed by atoms with E-state index in [0.29, 0.717) is 16.9 Å². The number of anilines is 1. The zero-order valence-corrected chi connectivity index (χ0v) is 25.6. The van der Waals surface area contributed by atoms with Gasteiger partial charge in [0.2, 0.25) is 5.91 Å². The van der Waals surface area contributed by atoms with Crippen LogP contribution >= 0.6 is 0 Å². The van der Waals surface area contributed by atoms with Crippen molar-refractivity contribution in [3.8, 4) is 16.9 Å². The minimum atomic E-state index is -0.514. The Balaban J connectivity index is 1.33. The Hall–Kier alpha value is -5.63. The molecular formula is C37H33N5O3. The van der Waals surface area contributed by atoms with E-state index < -0.39 is 11.9 Å². The number of amides is 2. The molecule has 1 unspecified atom stereocenters. The average Bonchev–Trinajstić information content (AvgIpc) is 3.58. The predicted octanol–water partition coefficient (Wildman–Crippen LogP) is 6.14. The molecule has 0 bridgehead atoms. The monoisotopic (exact) mass is 595 g/mol. The quantitative estimate of drug-likeness (QED) is 0.251. The lowest BCUT2D eigenvalue weighted by Crippen LogP contribution is -2.37. The van der Waals surface area contributed by atoms with Gasteiger partial charge < -0.3 is 14.8 Å². The molecule has 0 fully saturated rings. The lowest BCUT2D eigenvalue weighted by molar-refractivity contribution is -0.117. The fourth-order valence-corrected chi connectivity index (χ4v) is 6.65. The largest absolute Gasteiger partial charge is 0.343 e. The Morgan fingerprint density at radius 2 is 1.47 bits per heavy atom. The van der Waals surface area contributed by atoms with E-state index in [1.165, 1.54) is 4.68 Å². The Kier molecular flexibility index (Phi) is 6.77. The molecule has 2 aromatic heterocycles. The van der Waals surface area contributed by atoms with Crippen molar-refractivity contribution in [1.29, 1.82) is 0 Å². The molecule has 3 heterocycles. The molecule has 0 saturated heterocycles. The number of hydrogen-bond acceptors (Lipinski definition) is 3. The van der Waals surface area contributed by atoms with E-state index in [9.17, 15) is 14.4 Å². The number of aromatic nitrogens is 3. The van der Waals surface area contributed by atoms with Crippen molar-refractivity contribution in [2.24, 2.45) is 14.1 Å². The summed E-state index contributed by atoms with van der Waals surface area (Å²) < 4.78 is 5.41. The number of benzene rings is 4. The molecule has 8 heteroatoms. The molecule has 0 aliphatic carbocycles. The summed E-state index contributed by atoms with van der Waals surface area (Å²) in [4.78, 5) is 43.0. The van der Waals surface area contributed by atoms with E-state index in [4.69, 9.17) is 0 Å². The van der Waals surface area contributed by atoms with Crippen molar-refractivity contribution in [3.63, 3.8) is 0 Å². The third kappa shape index (κ3) is 4.49. The van der Waals surface area contributed by atoms with Gasteiger partial charge >= 0.3 is 0 Å². The van der Waals surface area contributed by atoms with Gasteiger partial charge in [-0.1, -0.05) is 84.4 Å². The highest BCUT2D eigenvalue weighted by molar-refractivity contribution is 6.05. The van der Waals surface area contributed by atoms with Gasteiger partial charge in [0, 0.05) is 36.1 Å². The summed E-state index contributed by atoms with van der Waals surface area (Å²) in [5.74, 6) is -0.663. The lowest BCUT2D eigenvalue weighted by atomic mass is 9.93. The van der Waals surface area contributed by atoms with Gasteiger partial charge in [0.15, 0.2) is 0 Å². The summed E-state index contributed by atoms with van der Waals surface area (Å²) in [5, 5.41) is 3.87. The van der Waals surface area contributed by atoms with E-state index >= 15 is 0 Å². The number of hydrogen-bond donors (Lipinski definition) is 1. The maximum Gasteiger partial charge on any atom is 0.295 e. The molecule has 6 aromatic rings. The smallest absolute Gasteiger partial charge is 0.295 e. The summed E-state index contributed by atoms with van der Waals surface area (Å²) in [7, 11) is 3.82. The van der Waals surface area contributed by atoms with Crippen molar-refractivity contribution in [2.75, 3.05) is 11.9 Å². The molecule has 1 N–H and O–H groups in total. The molecule has 1 aliphatic heterocycles. The summed E-state index contributed by atoms with van der Waals surface area (Å²) in [6, 6.07) is 32.9. The third-order valence-corrected chi connectivity index (χ3v) is 8.94. The highest BCUT2D eigenvalue weighted by Gasteiger charge is 2.41. The van der Waals surface area contributed by atoms with Crippen LogP contribution in [0.25, 0.3) is 27.8 Å². The number of carbonyl (C=O) groups is 2. The van der Waals surface area contributed by atoms with Gasteiger partial charge in [-0.25, -0.2) is 4.68 Å². The number of carbonyl (C=O) groups excluding carboxylic acids is 2. The van der Waals surface area contributed by atoms with E-state index in [1.807, 2.05) is 73.8 Å². The van der Waals surface area contributed by atoms with E-state index in [-0.39, 0.29) is 23.7 Å². The predicted molar refractivity (Wildman–Crippen MR) is 177 cm³/mol. The molecule has 224 valence electrons. The van der Waals surface area contributed by atoms with E-state index in [0.717, 1.165) is 38.9 Å². The number of para-hydroxylation sites is 2. The van der Waals surface area contributed by atoms with E-state index in [2.05, 4.69) is 53.2 Å². The van der Waals surface area contributed by atoms with Crippen LogP contribution in [0.15, 0.2) is 108 Å². The second kappa shape index (κ2) is 10.8. The zero-order valence-electron chi connectivity index (χ0n) is 25.6. The number of nitrogens with zero attached hydrogens (tertiary/aromatic N) is 4. The van der Waals surface area contributed by atoms with Crippen LogP contribution in [0.1, 0.15) is 38.8 Å². The summed E-state index contributed by atoms with van der Waals surface area (Å²) in [6.45, 7) is 3.62. The average molecular weight is 596 g/mol. The van der Waals surface area contributed by atoms with Crippen molar-refractivity contribution < 1.29 is 9.59 Å². The van der Waals surface area contributed by atoms with Gasteiger partial charge in [-0.15, -0.1) is 0 Å². The van der Waals surface area contributed by atoms with Gasteiger partial charge in [0.05, 0.1) is 23.1 Å². The second-order valence-electron chi connectivity index (χ2n) is 11.6. The number of rotatable bonds is 6. The van der Waals surface area contributed by atoms with Gasteiger partial charge in [-0.05, 0) is 49.2 Å². The summed E-state index contributed by atoms with van der Waals surface area (Å²) >= 11 is 0. The molecule has 0 spiro atoms. The Morgan fingerprint density at radius 1 is 0.800 bits per heavy atom. The first-order chi connectivity index (χ1) is 21.8. The maximum atomic E-state index is 14.1. The van der Waals surface area contributed by atoms with Gasteiger partial charge in [-0.3, -0.25) is 19.1 Å². The molecule has 1 aliphatic rings. The number of fused-ring (bicyclic) bond motifs is 2. The Bertz CT molecular complexity index is 2170. The lowest BCUT2D eigenvalue weighted by Gasteiger charge is -2.26. The van der Waals surface area contributed by atoms with Crippen LogP contribution in [-0.4, -0.2) is 37.2 Å². The Labute approximate surface area is 260 Å². The Morgan fingerprint density at radius 3 is 2.22 bits per heavy atom. The van der Waals surface area contributed by atoms with Crippen LogP contribution in [0.3, 0.4) is 0 Å². The van der Waals surface area contributed by atoms with Crippen LogP contribution < -0.4 is 10.9 Å². The fraction of sp³-hybridized carbons (Fsp3) is 0.162. The van der Waals surface area contributed by atoms with E-state index in [1.54, 1.807) is 23.6 Å². The van der Waals surface area contributed by atoms with Crippen molar-refractivity contribution >= 4 is 28.4 Å². The molecule has 1 atom stereocenters. The zero-order chi connectivity index (χ0) is 31.4. The van der Waals surface area contributed by atoms with Crippen LogP contribution in [0.5, 0.6) is 0 Å². The van der Waals surface area contributed by atoms with Crippen LogP contribution in [0.2, 0.25) is 0 Å². The maximum absolute atomic E-state index is 14.1. The van der Waals surface area contributed by atoms with Gasteiger partial charge in [0.25, 0.3) is 11.5 Å². The van der Waals surface area contributed by atoms with Crippen molar-refractivity contribution in [2.45, 2.75) is 19.9 Å². The molecule has 45 heavy (non-hydrogen) atoms. The molecule has 0 radical (unpaired) electrons. The molecular weight excluding hydrogens is 562 g/mol. The van der Waals surface area contributed by atoms with Crippen LogP contribution in [-0.2, 0) is 18.9 Å². The minimum Gasteiger partial charge on any atom is -0.343 e. The standard InChI is InChI=1S/C37H33N5O3/c1-23-18-20-25(21-19-23)34-32(29-16-10-11-17-30(29)39(34)3)35-27-14-8-9-15-28(27)36(44)41(35)22-31(43)38-33-24(2)40(4)42(37(33)45)26-12-6-5-7-13-26/h5-21,35H,22H2,1-4H3,(H,38,43). The number of nitrogens with one attached hydrogen (secondary N) is 1. The van der Waals surface area contributed by atoms with Crippen LogP contribution in [0, 0.1) is 13.8 Å². The topological polar surface area (TPSA) is 81.3 Å². The fourth-order valence-electron chi connectivity index (χ4n) is 6.65. The normalized spacial score (nSPS) is 14.3. The summed E-state index contributed by atoms with van der Waals surface area (Å²) in [5.41, 5.74) is 7.74. The molecule has 0 saturated carbocycles. The first kappa shape index (κ1) is 28.2.